The third-order valence-electron chi connectivity index (χ3n) is 1.34. The minimum atomic E-state index is 0.388. The fourth-order valence-corrected chi connectivity index (χ4v) is 0.715. The average molecular weight is 153 g/mol. The smallest absolute Gasteiger partial charge is 0.151 e. The van der Waals surface area contributed by atoms with Gasteiger partial charge in [-0.25, -0.2) is 9.97 Å². The van der Waals surface area contributed by atoms with Crippen LogP contribution in [0.15, 0.2) is 6.20 Å². The van der Waals surface area contributed by atoms with Crippen LogP contribution in [0.25, 0.3) is 0 Å². The van der Waals surface area contributed by atoms with Gasteiger partial charge in [-0.3, -0.25) is 5.84 Å². The van der Waals surface area contributed by atoms with Gasteiger partial charge in [-0.1, -0.05) is 6.92 Å². The summed E-state index contributed by atoms with van der Waals surface area (Å²) in [6.07, 6.45) is 2.34. The Labute approximate surface area is 64.8 Å². The molecular formula is C6H11N5. The SMILES string of the molecule is CCc1ncc(NN)c(N)n1. The lowest BCUT2D eigenvalue weighted by Gasteiger charge is -2.03. The zero-order valence-electron chi connectivity index (χ0n) is 6.33. The van der Waals surface area contributed by atoms with E-state index in [2.05, 4.69) is 15.4 Å². The van der Waals surface area contributed by atoms with Crippen LogP contribution in [0.5, 0.6) is 0 Å². The highest BCUT2D eigenvalue weighted by Crippen LogP contribution is 2.11. The summed E-state index contributed by atoms with van der Waals surface area (Å²) in [6.45, 7) is 1.96. The average Bonchev–Trinajstić information content (AvgIpc) is 2.04. The summed E-state index contributed by atoms with van der Waals surface area (Å²) in [6, 6.07) is 0. The molecule has 0 amide bonds. The zero-order chi connectivity index (χ0) is 8.27. The molecule has 5 nitrogen and oxygen atoms in total. The maximum Gasteiger partial charge on any atom is 0.151 e. The second-order valence-electron chi connectivity index (χ2n) is 2.08. The van der Waals surface area contributed by atoms with Gasteiger partial charge < -0.3 is 11.2 Å². The molecule has 0 aliphatic heterocycles. The van der Waals surface area contributed by atoms with Crippen molar-refractivity contribution < 1.29 is 0 Å². The second-order valence-corrected chi connectivity index (χ2v) is 2.08. The number of hydrogen-bond acceptors (Lipinski definition) is 5. The monoisotopic (exact) mass is 153 g/mol. The number of nitrogens with two attached hydrogens (primary N) is 2. The van der Waals surface area contributed by atoms with Crippen LogP contribution in [0.2, 0.25) is 0 Å². The van der Waals surface area contributed by atoms with Crippen molar-refractivity contribution in [2.24, 2.45) is 5.84 Å². The number of aromatic nitrogens is 2. The van der Waals surface area contributed by atoms with E-state index in [9.17, 15) is 0 Å². The predicted octanol–water partition coefficient (Wildman–Crippen LogP) is -0.0932. The molecule has 5 heteroatoms. The highest BCUT2D eigenvalue weighted by molar-refractivity contribution is 5.58. The molecule has 0 spiro atoms. The van der Waals surface area contributed by atoms with Gasteiger partial charge in [0.05, 0.1) is 6.20 Å². The summed E-state index contributed by atoms with van der Waals surface area (Å²) < 4.78 is 0. The Bertz CT molecular complexity index is 247. The molecule has 0 bridgehead atoms. The number of hydrogen-bond donors (Lipinski definition) is 3. The highest BCUT2D eigenvalue weighted by atomic mass is 15.2. The number of anilines is 2. The highest BCUT2D eigenvalue weighted by Gasteiger charge is 1.99. The quantitative estimate of drug-likeness (QED) is 0.408. The van der Waals surface area contributed by atoms with Crippen molar-refractivity contribution in [1.29, 1.82) is 0 Å². The standard InChI is InChI=1S/C6H11N5/c1-2-5-9-3-4(11-8)6(7)10-5/h3,11H,2,8H2,1H3,(H2,7,9,10). The first-order valence-electron chi connectivity index (χ1n) is 3.36. The van der Waals surface area contributed by atoms with Crippen molar-refractivity contribution in [3.8, 4) is 0 Å². The summed E-state index contributed by atoms with van der Waals surface area (Å²) in [5.74, 6) is 6.24. The summed E-state index contributed by atoms with van der Waals surface area (Å²) >= 11 is 0. The van der Waals surface area contributed by atoms with Crippen LogP contribution >= 0.6 is 0 Å². The molecule has 0 radical (unpaired) electrons. The zero-order valence-corrected chi connectivity index (χ0v) is 6.33. The Hall–Kier alpha value is -1.36. The molecule has 0 fully saturated rings. The molecule has 0 saturated heterocycles. The van der Waals surface area contributed by atoms with Gasteiger partial charge in [-0.15, -0.1) is 0 Å². The lowest BCUT2D eigenvalue weighted by Crippen LogP contribution is -2.11. The second kappa shape index (κ2) is 3.16. The molecule has 1 heterocycles. The van der Waals surface area contributed by atoms with Gasteiger partial charge in [0.1, 0.15) is 11.5 Å². The lowest BCUT2D eigenvalue weighted by atomic mass is 10.4. The fourth-order valence-electron chi connectivity index (χ4n) is 0.715. The Morgan fingerprint density at radius 1 is 1.64 bits per heavy atom. The number of hydrazine groups is 1. The van der Waals surface area contributed by atoms with E-state index < -0.39 is 0 Å². The van der Waals surface area contributed by atoms with E-state index in [4.69, 9.17) is 11.6 Å². The van der Waals surface area contributed by atoms with Crippen LogP contribution in [-0.2, 0) is 6.42 Å². The first-order valence-corrected chi connectivity index (χ1v) is 3.36. The summed E-state index contributed by atoms with van der Waals surface area (Å²) in [5, 5.41) is 0. The van der Waals surface area contributed by atoms with Crippen LogP contribution in [0.4, 0.5) is 11.5 Å². The van der Waals surface area contributed by atoms with Crippen molar-refractivity contribution >= 4 is 11.5 Å². The Morgan fingerprint density at radius 2 is 2.36 bits per heavy atom. The van der Waals surface area contributed by atoms with E-state index in [1.54, 1.807) is 6.20 Å². The predicted molar refractivity (Wildman–Crippen MR) is 43.6 cm³/mol. The van der Waals surface area contributed by atoms with Gasteiger partial charge in [-0.2, -0.15) is 0 Å². The van der Waals surface area contributed by atoms with Crippen LogP contribution in [0, 0.1) is 0 Å². The van der Waals surface area contributed by atoms with Gasteiger partial charge in [0.15, 0.2) is 5.82 Å². The Kier molecular flexibility index (Phi) is 2.22. The molecular weight excluding hydrogens is 142 g/mol. The van der Waals surface area contributed by atoms with Crippen molar-refractivity contribution in [2.45, 2.75) is 13.3 Å². The molecule has 0 saturated carbocycles. The molecule has 0 unspecified atom stereocenters. The Balaban J connectivity index is 2.99. The van der Waals surface area contributed by atoms with Crippen molar-refractivity contribution in [3.63, 3.8) is 0 Å². The number of nitrogen functional groups attached to an aromatic ring is 2. The van der Waals surface area contributed by atoms with Crippen molar-refractivity contribution in [3.05, 3.63) is 12.0 Å². The van der Waals surface area contributed by atoms with Gasteiger partial charge in [0.25, 0.3) is 0 Å². The minimum absolute atomic E-state index is 0.388. The number of nitrogens with zero attached hydrogens (tertiary/aromatic N) is 2. The largest absolute Gasteiger partial charge is 0.382 e. The third-order valence-corrected chi connectivity index (χ3v) is 1.34. The van der Waals surface area contributed by atoms with E-state index in [-0.39, 0.29) is 0 Å². The van der Waals surface area contributed by atoms with Crippen molar-refractivity contribution in [2.75, 3.05) is 11.2 Å². The Morgan fingerprint density at radius 3 is 2.82 bits per heavy atom. The number of aryl methyl sites for hydroxylation is 1. The van der Waals surface area contributed by atoms with E-state index in [1.807, 2.05) is 6.92 Å². The summed E-state index contributed by atoms with van der Waals surface area (Å²) in [4.78, 5) is 7.98. The molecule has 1 rings (SSSR count). The normalized spacial score (nSPS) is 9.64. The number of nitrogens with one attached hydrogen (secondary N) is 1. The fraction of sp³-hybridized carbons (Fsp3) is 0.333. The van der Waals surface area contributed by atoms with Crippen molar-refractivity contribution in [1.82, 2.24) is 9.97 Å². The lowest BCUT2D eigenvalue weighted by molar-refractivity contribution is 0.944. The molecule has 1 aromatic heterocycles. The summed E-state index contributed by atoms with van der Waals surface area (Å²) in [5.41, 5.74) is 8.47. The number of rotatable bonds is 2. The van der Waals surface area contributed by atoms with Gasteiger partial charge in [0.2, 0.25) is 0 Å². The van der Waals surface area contributed by atoms with E-state index >= 15 is 0 Å². The molecule has 5 N–H and O–H groups in total. The molecule has 0 aliphatic carbocycles. The van der Waals surface area contributed by atoms with Crippen LogP contribution in [0.1, 0.15) is 12.7 Å². The molecule has 0 aliphatic rings. The van der Waals surface area contributed by atoms with Crippen LogP contribution in [-0.4, -0.2) is 9.97 Å². The maximum atomic E-state index is 5.51. The van der Waals surface area contributed by atoms with Gasteiger partial charge in [0, 0.05) is 6.42 Å². The molecule has 1 aromatic rings. The van der Waals surface area contributed by atoms with Crippen LogP contribution in [0.3, 0.4) is 0 Å². The summed E-state index contributed by atoms with van der Waals surface area (Å²) in [7, 11) is 0. The van der Waals surface area contributed by atoms with Gasteiger partial charge in [-0.05, 0) is 0 Å². The van der Waals surface area contributed by atoms with E-state index in [0.29, 0.717) is 11.5 Å². The van der Waals surface area contributed by atoms with Crippen LogP contribution < -0.4 is 17.0 Å². The molecule has 0 aromatic carbocycles. The first-order chi connectivity index (χ1) is 5.27. The van der Waals surface area contributed by atoms with E-state index in [1.165, 1.54) is 0 Å². The molecule has 11 heavy (non-hydrogen) atoms. The van der Waals surface area contributed by atoms with E-state index in [0.717, 1.165) is 12.2 Å². The molecule has 0 atom stereocenters. The maximum absolute atomic E-state index is 5.51. The molecule has 60 valence electrons. The topological polar surface area (TPSA) is 89.8 Å². The van der Waals surface area contributed by atoms with Gasteiger partial charge >= 0.3 is 0 Å². The minimum Gasteiger partial charge on any atom is -0.382 e. The first kappa shape index (κ1) is 7.74. The third kappa shape index (κ3) is 1.56.